The monoisotopic (exact) mass is 681 g/mol. The minimum absolute atomic E-state index is 0.0251. The van der Waals surface area contributed by atoms with E-state index in [0.717, 1.165) is 23.8 Å². The summed E-state index contributed by atoms with van der Waals surface area (Å²) in [5.74, 6) is 1.69. The van der Waals surface area contributed by atoms with Crippen molar-refractivity contribution in [2.75, 3.05) is 41.7 Å². The lowest BCUT2D eigenvalue weighted by molar-refractivity contribution is -0.115. The van der Waals surface area contributed by atoms with Crippen LogP contribution in [0.5, 0.6) is 34.5 Å². The summed E-state index contributed by atoms with van der Waals surface area (Å²) < 4.78 is 39.9. The zero-order valence-corrected chi connectivity index (χ0v) is 27.9. The van der Waals surface area contributed by atoms with Crippen molar-refractivity contribution in [3.63, 3.8) is 0 Å². The van der Waals surface area contributed by atoms with Crippen LogP contribution in [0.15, 0.2) is 62.6 Å². The highest BCUT2D eigenvalue weighted by Crippen LogP contribution is 2.40. The second-order valence-corrected chi connectivity index (χ2v) is 11.5. The molecule has 4 aromatic rings. The van der Waals surface area contributed by atoms with Gasteiger partial charge in [-0.1, -0.05) is 31.0 Å². The molecule has 2 heterocycles. The Balaban J connectivity index is 1.43. The Kier molecular flexibility index (Phi) is 10.5. The van der Waals surface area contributed by atoms with E-state index >= 15 is 0 Å². The van der Waals surface area contributed by atoms with Crippen molar-refractivity contribution in [1.29, 1.82) is 0 Å². The summed E-state index contributed by atoms with van der Waals surface area (Å²) in [6, 6.07) is 13.4. The van der Waals surface area contributed by atoms with Gasteiger partial charge in [0.15, 0.2) is 17.3 Å². The van der Waals surface area contributed by atoms with Gasteiger partial charge < -0.3 is 32.8 Å². The van der Waals surface area contributed by atoms with Crippen LogP contribution in [-0.2, 0) is 4.79 Å². The fourth-order valence-corrected chi connectivity index (χ4v) is 6.12. The number of thioether (sulfide) groups is 1. The summed E-state index contributed by atoms with van der Waals surface area (Å²) in [7, 11) is 5.98. The molecular weight excluding hydrogens is 650 g/mol. The third-order valence-electron chi connectivity index (χ3n) is 7.25. The van der Waals surface area contributed by atoms with Crippen LogP contribution < -0.4 is 39.2 Å². The molecule has 246 valence electrons. The van der Waals surface area contributed by atoms with Crippen molar-refractivity contribution in [3.8, 4) is 45.8 Å². The normalized spacial score (nSPS) is 13.7. The molecule has 0 saturated carbocycles. The van der Waals surface area contributed by atoms with Crippen LogP contribution >= 0.6 is 23.4 Å². The largest absolute Gasteiger partial charge is 0.496 e. The minimum atomic E-state index is -0.457. The van der Waals surface area contributed by atoms with Crippen LogP contribution in [0.1, 0.15) is 25.3 Å². The number of allylic oxidation sites excluding steroid dienone is 1. The molecule has 0 atom stereocenters. The number of ether oxygens (including phenoxy) is 6. The Labute approximate surface area is 279 Å². The third-order valence-corrected chi connectivity index (χ3v) is 8.47. The van der Waals surface area contributed by atoms with Gasteiger partial charge in [0, 0.05) is 17.7 Å². The summed E-state index contributed by atoms with van der Waals surface area (Å²) in [6.45, 7) is 1.97. The van der Waals surface area contributed by atoms with Crippen LogP contribution in [0.2, 0.25) is 5.02 Å². The predicted molar refractivity (Wildman–Crippen MR) is 180 cm³/mol. The molecule has 11 nitrogen and oxygen atoms in total. The first kappa shape index (κ1) is 33.6. The van der Waals surface area contributed by atoms with Gasteiger partial charge in [-0.25, -0.2) is 0 Å². The molecule has 2 amide bonds. The number of imide groups is 1. The molecule has 13 heteroatoms. The molecule has 0 unspecified atom stereocenters. The van der Waals surface area contributed by atoms with Crippen molar-refractivity contribution < 1.29 is 42.4 Å². The molecule has 1 fully saturated rings. The van der Waals surface area contributed by atoms with Gasteiger partial charge in [-0.15, -0.1) is 0 Å². The number of hydrogen-bond donors (Lipinski definition) is 1. The van der Waals surface area contributed by atoms with Gasteiger partial charge in [0.2, 0.25) is 11.2 Å². The van der Waals surface area contributed by atoms with Crippen molar-refractivity contribution in [2.24, 2.45) is 0 Å². The first-order valence-electron chi connectivity index (χ1n) is 14.5. The second-order valence-electron chi connectivity index (χ2n) is 10.1. The van der Waals surface area contributed by atoms with Crippen LogP contribution in [0.25, 0.3) is 27.9 Å². The molecule has 5 rings (SSSR count). The van der Waals surface area contributed by atoms with Crippen LogP contribution in [0.4, 0.5) is 4.79 Å². The Morgan fingerprint density at radius 1 is 0.830 bits per heavy atom. The second kappa shape index (κ2) is 14.7. The lowest BCUT2D eigenvalue weighted by atomic mass is 10.0. The Hall–Kier alpha value is -4.81. The van der Waals surface area contributed by atoms with Crippen molar-refractivity contribution in [3.05, 3.63) is 74.2 Å². The number of benzene rings is 3. The van der Waals surface area contributed by atoms with E-state index in [2.05, 4.69) is 5.32 Å². The molecule has 1 saturated heterocycles. The van der Waals surface area contributed by atoms with Crippen LogP contribution in [0.3, 0.4) is 0 Å². The molecule has 3 aromatic carbocycles. The molecule has 1 aliphatic rings. The van der Waals surface area contributed by atoms with Gasteiger partial charge in [-0.05, 0) is 59.7 Å². The molecule has 1 aliphatic heterocycles. The number of rotatable bonds is 13. The first-order chi connectivity index (χ1) is 22.7. The number of carbonyl (C=O) groups excluding carboxylic acids is 2. The van der Waals surface area contributed by atoms with E-state index in [1.54, 1.807) is 48.5 Å². The van der Waals surface area contributed by atoms with Gasteiger partial charge in [0.25, 0.3) is 11.1 Å². The van der Waals surface area contributed by atoms with E-state index in [9.17, 15) is 14.4 Å². The number of carbonyl (C=O) groups is 2. The van der Waals surface area contributed by atoms with Crippen molar-refractivity contribution >= 4 is 51.1 Å². The highest BCUT2D eigenvalue weighted by atomic mass is 35.5. The zero-order chi connectivity index (χ0) is 33.7. The van der Waals surface area contributed by atoms with E-state index in [0.29, 0.717) is 50.5 Å². The highest BCUT2D eigenvalue weighted by Gasteiger charge is 2.29. The highest BCUT2D eigenvalue weighted by molar-refractivity contribution is 8.18. The van der Waals surface area contributed by atoms with Crippen LogP contribution in [0, 0.1) is 0 Å². The van der Waals surface area contributed by atoms with E-state index in [-0.39, 0.29) is 41.4 Å². The van der Waals surface area contributed by atoms with Gasteiger partial charge in [-0.3, -0.25) is 19.7 Å². The van der Waals surface area contributed by atoms with Gasteiger partial charge in [0.05, 0.1) is 38.4 Å². The third kappa shape index (κ3) is 6.98. The van der Waals surface area contributed by atoms with Crippen molar-refractivity contribution in [1.82, 2.24) is 5.32 Å². The summed E-state index contributed by atoms with van der Waals surface area (Å²) in [5, 5.41) is 2.38. The quantitative estimate of drug-likeness (QED) is 0.114. The molecule has 1 aromatic heterocycles. The summed E-state index contributed by atoms with van der Waals surface area (Å²) in [4.78, 5) is 38.4. The Bertz CT molecular complexity index is 1940. The van der Waals surface area contributed by atoms with Crippen molar-refractivity contribution in [2.45, 2.75) is 19.8 Å². The maximum Gasteiger partial charge on any atom is 0.290 e. The molecule has 0 radical (unpaired) electrons. The topological polar surface area (TPSA) is 132 Å². The number of methoxy groups -OCH3 is 4. The van der Waals surface area contributed by atoms with E-state index in [1.165, 1.54) is 28.4 Å². The van der Waals surface area contributed by atoms with E-state index in [1.807, 2.05) is 6.92 Å². The maximum atomic E-state index is 13.9. The Morgan fingerprint density at radius 3 is 2.19 bits per heavy atom. The first-order valence-corrected chi connectivity index (χ1v) is 15.7. The average molecular weight is 682 g/mol. The molecule has 1 N–H and O–H groups in total. The fraction of sp³-hybridized carbons (Fsp3) is 0.265. The lowest BCUT2D eigenvalue weighted by Crippen LogP contribution is -2.18. The Morgan fingerprint density at radius 2 is 1.55 bits per heavy atom. The number of fused-ring (bicyclic) bond motifs is 1. The smallest absolute Gasteiger partial charge is 0.290 e. The van der Waals surface area contributed by atoms with Gasteiger partial charge >= 0.3 is 0 Å². The van der Waals surface area contributed by atoms with E-state index in [4.69, 9.17) is 44.4 Å². The molecule has 0 spiro atoms. The van der Waals surface area contributed by atoms with E-state index < -0.39 is 16.6 Å². The van der Waals surface area contributed by atoms with Gasteiger partial charge in [0.1, 0.15) is 41.4 Å². The lowest BCUT2D eigenvalue weighted by Gasteiger charge is -2.16. The molecular formula is C34H32ClNO10S. The predicted octanol–water partition coefficient (Wildman–Crippen LogP) is 7.10. The summed E-state index contributed by atoms with van der Waals surface area (Å²) in [5.41, 5.74) is 1.73. The SMILES string of the molecule is CCC/C(=C1/SC(=O)NC1=O)c1ccc(OCCOc2c(-c3ccc(OC)c(OC)c3)oc3cc(OC)cc(OC)c3c2=O)c(Cl)c1. The molecule has 0 aliphatic carbocycles. The number of amides is 2. The average Bonchev–Trinajstić information content (AvgIpc) is 3.42. The summed E-state index contributed by atoms with van der Waals surface area (Å²) in [6.07, 6.45) is 1.35. The number of hydrogen-bond acceptors (Lipinski definition) is 11. The number of halogens is 1. The standard InChI is InChI=1S/C34H32ClNO10S/c1-6-7-21(32-33(38)36-34(39)47-32)18-8-10-23(22(35)14-18)44-12-13-45-31-29(37)28-26(43-5)16-20(40-2)17-27(28)46-30(31)19-9-11-24(41-3)25(15-19)42-4/h8-11,14-17H,6-7,12-13H2,1-5H3,(H,36,38,39)/b32-21-. The zero-order valence-electron chi connectivity index (χ0n) is 26.3. The fourth-order valence-electron chi connectivity index (χ4n) is 5.07. The molecule has 0 bridgehead atoms. The maximum absolute atomic E-state index is 13.9. The minimum Gasteiger partial charge on any atom is -0.496 e. The van der Waals surface area contributed by atoms with Crippen LogP contribution in [-0.4, -0.2) is 52.8 Å². The summed E-state index contributed by atoms with van der Waals surface area (Å²) >= 11 is 7.45. The van der Waals surface area contributed by atoms with Gasteiger partial charge in [-0.2, -0.15) is 0 Å². The molecule has 47 heavy (non-hydrogen) atoms. The number of nitrogens with one attached hydrogen (secondary N) is 1.